The third kappa shape index (κ3) is 3.80. The maximum atomic E-state index is 5.23. The third-order valence-electron chi connectivity index (χ3n) is 6.58. The van der Waals surface area contributed by atoms with Crippen molar-refractivity contribution in [1.82, 2.24) is 9.80 Å². The molecule has 0 unspecified atom stereocenters. The molecule has 0 aromatic carbocycles. The highest BCUT2D eigenvalue weighted by atomic mass is 16.5. The van der Waals surface area contributed by atoms with Gasteiger partial charge in [-0.2, -0.15) is 0 Å². The van der Waals surface area contributed by atoms with Crippen LogP contribution in [0.15, 0.2) is 0 Å². The summed E-state index contributed by atoms with van der Waals surface area (Å²) in [4.78, 5) is 4.88. The minimum absolute atomic E-state index is 0.618. The Balaban J connectivity index is 0.000000126. The number of nitrogens with zero attached hydrogens (tertiary/aromatic N) is 2. The highest BCUT2D eigenvalue weighted by Gasteiger charge is 2.40. The Morgan fingerprint density at radius 3 is 1.43 bits per heavy atom. The van der Waals surface area contributed by atoms with Gasteiger partial charge in [0.1, 0.15) is 0 Å². The lowest BCUT2D eigenvalue weighted by molar-refractivity contribution is -0.137. The van der Waals surface area contributed by atoms with E-state index in [1.165, 1.54) is 77.5 Å². The molecule has 4 fully saturated rings. The summed E-state index contributed by atoms with van der Waals surface area (Å²) in [6.45, 7) is 7.29. The van der Waals surface area contributed by atoms with Gasteiger partial charge in [0.05, 0.1) is 13.2 Å². The Hall–Kier alpha value is -0.120. The van der Waals surface area contributed by atoms with Crippen LogP contribution < -0.4 is 0 Å². The maximum Gasteiger partial charge on any atom is 0.0545 e. The number of piperidine rings is 2. The molecule has 0 amide bonds. The first-order valence-electron chi connectivity index (χ1n) is 9.07. The normalized spacial score (nSPS) is 31.7. The van der Waals surface area contributed by atoms with Gasteiger partial charge >= 0.3 is 0 Å². The second kappa shape index (κ2) is 6.55. The van der Waals surface area contributed by atoms with E-state index in [-0.39, 0.29) is 0 Å². The van der Waals surface area contributed by atoms with Crippen LogP contribution in [0.1, 0.15) is 51.4 Å². The van der Waals surface area contributed by atoms with Gasteiger partial charge in [0.2, 0.25) is 0 Å². The molecule has 1 aliphatic carbocycles. The van der Waals surface area contributed by atoms with Crippen LogP contribution in [0.2, 0.25) is 0 Å². The summed E-state index contributed by atoms with van der Waals surface area (Å²) < 4.78 is 5.23. The molecule has 0 radical (unpaired) electrons. The van der Waals surface area contributed by atoms with Crippen molar-refractivity contribution in [2.75, 3.05) is 53.5 Å². The van der Waals surface area contributed by atoms with Crippen LogP contribution in [-0.4, -0.2) is 63.3 Å². The largest absolute Gasteiger partial charge is 0.380 e. The Bertz CT molecular complexity index is 314. The van der Waals surface area contributed by atoms with Gasteiger partial charge in [-0.05, 0) is 84.2 Å². The molecule has 3 heteroatoms. The van der Waals surface area contributed by atoms with Crippen LogP contribution in [0.3, 0.4) is 0 Å². The summed E-state index contributed by atoms with van der Waals surface area (Å²) in [5.41, 5.74) is 1.43. The summed E-state index contributed by atoms with van der Waals surface area (Å²) in [5, 5.41) is 0. The lowest BCUT2D eigenvalue weighted by Crippen LogP contribution is -2.49. The van der Waals surface area contributed by atoms with Gasteiger partial charge in [0, 0.05) is 5.41 Å². The molecule has 4 aliphatic rings. The van der Waals surface area contributed by atoms with Crippen LogP contribution in [0.5, 0.6) is 0 Å². The average Bonchev–Trinajstić information content (AvgIpc) is 2.91. The fourth-order valence-corrected chi connectivity index (χ4v) is 4.49. The van der Waals surface area contributed by atoms with E-state index in [0.29, 0.717) is 5.41 Å². The second-order valence-corrected chi connectivity index (χ2v) is 8.31. The zero-order valence-electron chi connectivity index (χ0n) is 14.2. The first kappa shape index (κ1) is 15.8. The molecule has 0 aromatic heterocycles. The Labute approximate surface area is 131 Å². The zero-order valence-corrected chi connectivity index (χ0v) is 14.2. The van der Waals surface area contributed by atoms with Crippen molar-refractivity contribution in [2.24, 2.45) is 10.8 Å². The molecular formula is C18H34N2O. The molecule has 0 bridgehead atoms. The van der Waals surface area contributed by atoms with E-state index >= 15 is 0 Å². The van der Waals surface area contributed by atoms with E-state index in [1.807, 2.05) is 0 Å². The molecule has 4 rings (SSSR count). The number of hydrogen-bond acceptors (Lipinski definition) is 3. The van der Waals surface area contributed by atoms with Gasteiger partial charge in [-0.25, -0.2) is 0 Å². The first-order valence-corrected chi connectivity index (χ1v) is 9.07. The van der Waals surface area contributed by atoms with E-state index in [2.05, 4.69) is 23.9 Å². The molecule has 2 spiro atoms. The average molecular weight is 294 g/mol. The Morgan fingerprint density at radius 2 is 1.05 bits per heavy atom. The lowest BCUT2D eigenvalue weighted by Gasteiger charge is -2.46. The number of likely N-dealkylation sites (tertiary alicyclic amines) is 2. The van der Waals surface area contributed by atoms with Gasteiger partial charge in [0.25, 0.3) is 0 Å². The molecular weight excluding hydrogens is 260 g/mol. The minimum atomic E-state index is 0.618. The summed E-state index contributed by atoms with van der Waals surface area (Å²) >= 11 is 0. The minimum Gasteiger partial charge on any atom is -0.380 e. The Morgan fingerprint density at radius 1 is 0.619 bits per heavy atom. The summed E-state index contributed by atoms with van der Waals surface area (Å²) in [7, 11) is 4.45. The van der Waals surface area contributed by atoms with Crippen molar-refractivity contribution in [3.8, 4) is 0 Å². The van der Waals surface area contributed by atoms with Crippen molar-refractivity contribution in [3.63, 3.8) is 0 Å². The monoisotopic (exact) mass is 294 g/mol. The van der Waals surface area contributed by atoms with Gasteiger partial charge < -0.3 is 14.5 Å². The molecule has 3 heterocycles. The predicted molar refractivity (Wildman–Crippen MR) is 87.6 cm³/mol. The summed E-state index contributed by atoms with van der Waals surface area (Å²) in [5.74, 6) is 0. The highest BCUT2D eigenvalue weighted by molar-refractivity contribution is 4.90. The molecule has 122 valence electrons. The van der Waals surface area contributed by atoms with E-state index in [9.17, 15) is 0 Å². The van der Waals surface area contributed by atoms with Crippen LogP contribution in [0.4, 0.5) is 0 Å². The molecule has 21 heavy (non-hydrogen) atoms. The van der Waals surface area contributed by atoms with Gasteiger partial charge in [0.15, 0.2) is 0 Å². The van der Waals surface area contributed by atoms with Crippen LogP contribution in [0, 0.1) is 10.8 Å². The molecule has 3 nitrogen and oxygen atoms in total. The lowest BCUT2D eigenvalue weighted by atomic mass is 9.77. The van der Waals surface area contributed by atoms with E-state index < -0.39 is 0 Å². The second-order valence-electron chi connectivity index (χ2n) is 8.31. The van der Waals surface area contributed by atoms with Crippen molar-refractivity contribution >= 4 is 0 Å². The van der Waals surface area contributed by atoms with Crippen molar-refractivity contribution in [3.05, 3.63) is 0 Å². The highest BCUT2D eigenvalue weighted by Crippen LogP contribution is 2.45. The quantitative estimate of drug-likeness (QED) is 0.683. The van der Waals surface area contributed by atoms with Gasteiger partial charge in [-0.15, -0.1) is 0 Å². The van der Waals surface area contributed by atoms with E-state index in [1.54, 1.807) is 0 Å². The standard InChI is InChI=1S/C10H19N.C8H15NO/c1-11-8-6-10(7-9-11)4-2-3-5-10;1-9-4-2-8(3-5-9)6-10-7-8/h2-9H2,1H3;2-7H2,1H3. The predicted octanol–water partition coefficient (Wildman–Crippen LogP) is 3.00. The van der Waals surface area contributed by atoms with Crippen molar-refractivity contribution < 1.29 is 4.74 Å². The molecule has 0 atom stereocenters. The van der Waals surface area contributed by atoms with Crippen LogP contribution in [0.25, 0.3) is 0 Å². The maximum absolute atomic E-state index is 5.23. The van der Waals surface area contributed by atoms with Gasteiger partial charge in [-0.3, -0.25) is 0 Å². The fraction of sp³-hybridized carbons (Fsp3) is 1.00. The summed E-state index contributed by atoms with van der Waals surface area (Å²) in [6.07, 6.45) is 11.7. The number of hydrogen-bond donors (Lipinski definition) is 0. The van der Waals surface area contributed by atoms with Crippen LogP contribution >= 0.6 is 0 Å². The van der Waals surface area contributed by atoms with E-state index in [4.69, 9.17) is 4.74 Å². The zero-order chi connectivity index (χ0) is 14.8. The van der Waals surface area contributed by atoms with Crippen molar-refractivity contribution in [2.45, 2.75) is 51.4 Å². The van der Waals surface area contributed by atoms with E-state index in [0.717, 1.165) is 18.6 Å². The number of ether oxygens (including phenoxy) is 1. The molecule has 1 saturated carbocycles. The smallest absolute Gasteiger partial charge is 0.0545 e. The topological polar surface area (TPSA) is 15.7 Å². The fourth-order valence-electron chi connectivity index (χ4n) is 4.49. The SMILES string of the molecule is CN1CCC2(CC1)COC2.CN1CCC2(CCCC2)CC1. The Kier molecular flexibility index (Phi) is 4.92. The summed E-state index contributed by atoms with van der Waals surface area (Å²) in [6, 6.07) is 0. The molecule has 0 aromatic rings. The van der Waals surface area contributed by atoms with Crippen LogP contribution in [-0.2, 0) is 4.74 Å². The number of rotatable bonds is 0. The molecule has 3 aliphatic heterocycles. The van der Waals surface area contributed by atoms with Gasteiger partial charge in [-0.1, -0.05) is 12.8 Å². The molecule has 3 saturated heterocycles. The molecule has 0 N–H and O–H groups in total. The third-order valence-corrected chi connectivity index (χ3v) is 6.58. The van der Waals surface area contributed by atoms with Crippen molar-refractivity contribution in [1.29, 1.82) is 0 Å². The first-order chi connectivity index (χ1) is 10.1.